The lowest BCUT2D eigenvalue weighted by Gasteiger charge is -2.32. The first-order valence-electron chi connectivity index (χ1n) is 10.5. The molecule has 0 amide bonds. The molecule has 168 valence electrons. The van der Waals surface area contributed by atoms with Crippen LogP contribution in [-0.2, 0) is 23.4 Å². The van der Waals surface area contributed by atoms with Gasteiger partial charge in [0.25, 0.3) is 0 Å². The molecule has 0 unspecified atom stereocenters. The van der Waals surface area contributed by atoms with Gasteiger partial charge in [-0.2, -0.15) is 0 Å². The maximum absolute atomic E-state index is 12.7. The average molecular weight is 430 g/mol. The summed E-state index contributed by atoms with van der Waals surface area (Å²) in [6, 6.07) is 3.24. The molecule has 7 nitrogen and oxygen atoms in total. The van der Waals surface area contributed by atoms with Crippen LogP contribution in [0.15, 0.2) is 12.1 Å². The predicted octanol–water partition coefficient (Wildman–Crippen LogP) is 2.27. The Morgan fingerprint density at radius 3 is 1.35 bits per heavy atom. The summed E-state index contributed by atoms with van der Waals surface area (Å²) in [6.07, 6.45) is 0. The van der Waals surface area contributed by atoms with E-state index in [4.69, 9.17) is 23.4 Å². The fraction of sp³-hybridized carbons (Fsp3) is 0.636. The van der Waals surface area contributed by atoms with Crippen molar-refractivity contribution in [1.82, 2.24) is 0 Å². The van der Waals surface area contributed by atoms with Crippen molar-refractivity contribution < 1.29 is 32.9 Å². The van der Waals surface area contributed by atoms with Crippen molar-refractivity contribution in [1.29, 1.82) is 0 Å². The molecule has 2 heterocycles. The molecule has 0 saturated carbocycles. The Morgan fingerprint density at radius 1 is 0.710 bits per heavy atom. The molecule has 1 aromatic carbocycles. The van der Waals surface area contributed by atoms with E-state index >= 15 is 0 Å². The van der Waals surface area contributed by atoms with E-state index in [2.05, 4.69) is 0 Å². The van der Waals surface area contributed by atoms with Gasteiger partial charge in [-0.15, -0.1) is 0 Å². The van der Waals surface area contributed by atoms with Gasteiger partial charge < -0.3 is 23.4 Å². The van der Waals surface area contributed by atoms with Gasteiger partial charge in [0.2, 0.25) is 0 Å². The molecule has 2 aliphatic heterocycles. The van der Waals surface area contributed by atoms with Crippen molar-refractivity contribution in [2.24, 2.45) is 0 Å². The lowest BCUT2D eigenvalue weighted by molar-refractivity contribution is 0.00578. The number of benzene rings is 1. The number of hydrogen-bond acceptors (Lipinski definition) is 7. The van der Waals surface area contributed by atoms with Gasteiger partial charge in [0, 0.05) is 5.56 Å². The number of carbonyl (C=O) groups is 2. The minimum atomic E-state index is -0.829. The molecule has 31 heavy (non-hydrogen) atoms. The van der Waals surface area contributed by atoms with Crippen LogP contribution in [0, 0.1) is 0 Å². The zero-order valence-electron chi connectivity index (χ0n) is 20.2. The molecule has 2 fully saturated rings. The first-order chi connectivity index (χ1) is 14.0. The van der Waals surface area contributed by atoms with E-state index in [1.165, 1.54) is 14.0 Å². The number of rotatable bonds is 4. The smallest absolute Gasteiger partial charge is 0.465 e. The Bertz CT molecular complexity index is 889. The monoisotopic (exact) mass is 430 g/mol. The minimum Gasteiger partial charge on any atom is -0.465 e. The van der Waals surface area contributed by atoms with E-state index in [-0.39, 0.29) is 11.3 Å². The third-order valence-corrected chi connectivity index (χ3v) is 7.02. The average Bonchev–Trinajstić information content (AvgIpc) is 2.99. The van der Waals surface area contributed by atoms with E-state index < -0.39 is 42.6 Å². The number of ether oxygens (including phenoxy) is 1. The van der Waals surface area contributed by atoms with Gasteiger partial charge in [-0.05, 0) is 79.3 Å². The second-order valence-electron chi connectivity index (χ2n) is 10.3. The van der Waals surface area contributed by atoms with Crippen LogP contribution < -0.4 is 10.9 Å². The number of hydrogen-bond donors (Lipinski definition) is 0. The molecule has 2 saturated heterocycles. The molecule has 9 heteroatoms. The van der Waals surface area contributed by atoms with E-state index in [1.54, 1.807) is 12.1 Å². The van der Waals surface area contributed by atoms with Crippen molar-refractivity contribution in [3.05, 3.63) is 23.3 Å². The highest BCUT2D eigenvalue weighted by Gasteiger charge is 2.55. The van der Waals surface area contributed by atoms with Gasteiger partial charge in [-0.25, -0.2) is 4.79 Å². The molecule has 3 rings (SSSR count). The topological polar surface area (TPSA) is 80.3 Å². The Labute approximate surface area is 185 Å². The maximum atomic E-state index is 12.7. The normalized spacial score (nSPS) is 23.2. The summed E-state index contributed by atoms with van der Waals surface area (Å²) in [4.78, 5) is 25.3. The lowest BCUT2D eigenvalue weighted by Crippen LogP contribution is -2.44. The molecule has 0 aromatic heterocycles. The number of carbonyl (C=O) groups excluding carboxylic acids is 2. The highest BCUT2D eigenvalue weighted by Crippen LogP contribution is 2.38. The molecule has 0 bridgehead atoms. The molecule has 0 N–H and O–H groups in total. The summed E-state index contributed by atoms with van der Waals surface area (Å²) < 4.78 is 29.6. The van der Waals surface area contributed by atoms with Crippen molar-refractivity contribution in [3.63, 3.8) is 0 Å². The van der Waals surface area contributed by atoms with Crippen LogP contribution in [0.25, 0.3) is 0 Å². The van der Waals surface area contributed by atoms with Gasteiger partial charge >= 0.3 is 20.2 Å². The first-order valence-corrected chi connectivity index (χ1v) is 10.5. The van der Waals surface area contributed by atoms with Crippen LogP contribution in [0.3, 0.4) is 0 Å². The second kappa shape index (κ2) is 7.44. The van der Waals surface area contributed by atoms with E-state index in [9.17, 15) is 9.59 Å². The highest BCUT2D eigenvalue weighted by molar-refractivity contribution is 6.66. The van der Waals surface area contributed by atoms with Crippen LogP contribution in [-0.4, -0.2) is 55.5 Å². The Hall–Kier alpha value is -1.67. The van der Waals surface area contributed by atoms with Gasteiger partial charge in [0.1, 0.15) is 0 Å². The summed E-state index contributed by atoms with van der Waals surface area (Å²) in [6.45, 7) is 16.9. The van der Waals surface area contributed by atoms with Gasteiger partial charge in [0.05, 0.1) is 35.1 Å². The standard InChI is InChI=1S/C22H32B2O7/c1-13(25)14-11-17(24-30-21(6,7)22(8,9)31-24)15(18(26)27-10)12-16(14)23-28-19(2,3)20(4,5)29-23/h11-12H,1-10H3. The van der Waals surface area contributed by atoms with Crippen molar-refractivity contribution >= 4 is 36.9 Å². The fourth-order valence-electron chi connectivity index (χ4n) is 3.55. The molecule has 2 aliphatic rings. The molecule has 0 spiro atoms. The van der Waals surface area contributed by atoms with Crippen LogP contribution in [0.5, 0.6) is 0 Å². The predicted molar refractivity (Wildman–Crippen MR) is 119 cm³/mol. The van der Waals surface area contributed by atoms with Gasteiger partial charge in [-0.3, -0.25) is 4.79 Å². The van der Waals surface area contributed by atoms with Crippen molar-refractivity contribution in [2.45, 2.75) is 84.7 Å². The quantitative estimate of drug-likeness (QED) is 0.412. The summed E-state index contributed by atoms with van der Waals surface area (Å²) >= 11 is 0. The van der Waals surface area contributed by atoms with Crippen molar-refractivity contribution in [3.8, 4) is 0 Å². The maximum Gasteiger partial charge on any atom is 0.495 e. The zero-order chi connectivity index (χ0) is 23.6. The zero-order valence-corrected chi connectivity index (χ0v) is 20.2. The minimum absolute atomic E-state index is 0.182. The SMILES string of the molecule is COC(=O)c1cc(B2OC(C)(C)C(C)(C)O2)c(C(C)=O)cc1B1OC(C)(C)C(C)(C)O1. The van der Waals surface area contributed by atoms with Crippen LogP contribution in [0.1, 0.15) is 83.0 Å². The third-order valence-electron chi connectivity index (χ3n) is 7.02. The molecule has 0 radical (unpaired) electrons. The van der Waals surface area contributed by atoms with Crippen LogP contribution in [0.2, 0.25) is 0 Å². The van der Waals surface area contributed by atoms with Gasteiger partial charge in [-0.1, -0.05) is 6.07 Å². The Balaban J connectivity index is 2.16. The summed E-state index contributed by atoms with van der Waals surface area (Å²) in [5, 5.41) is 0. The number of Topliss-reactive ketones (excluding diaryl/α,β-unsaturated/α-hetero) is 1. The molecule has 0 atom stereocenters. The highest BCUT2D eigenvalue weighted by atomic mass is 16.7. The van der Waals surface area contributed by atoms with E-state index in [1.807, 2.05) is 55.4 Å². The van der Waals surface area contributed by atoms with E-state index in [0.29, 0.717) is 16.5 Å². The number of ketones is 1. The molecular weight excluding hydrogens is 398 g/mol. The van der Waals surface area contributed by atoms with Crippen molar-refractivity contribution in [2.75, 3.05) is 7.11 Å². The fourth-order valence-corrected chi connectivity index (χ4v) is 3.55. The summed E-state index contributed by atoms with van der Waals surface area (Å²) in [5.74, 6) is -0.739. The molecule has 0 aliphatic carbocycles. The van der Waals surface area contributed by atoms with E-state index in [0.717, 1.165) is 0 Å². The Morgan fingerprint density at radius 2 is 1.03 bits per heavy atom. The first kappa shape index (κ1) is 24.0. The van der Waals surface area contributed by atoms with Gasteiger partial charge in [0.15, 0.2) is 5.78 Å². The van der Waals surface area contributed by atoms with Crippen LogP contribution in [0.4, 0.5) is 0 Å². The third kappa shape index (κ3) is 3.97. The Kier molecular flexibility index (Phi) is 5.76. The largest absolute Gasteiger partial charge is 0.495 e. The summed E-state index contributed by atoms with van der Waals surface area (Å²) in [7, 11) is -0.326. The summed E-state index contributed by atoms with van der Waals surface area (Å²) in [5.41, 5.74) is -0.852. The molecular formula is C22H32B2O7. The molecule has 1 aromatic rings. The lowest BCUT2D eigenvalue weighted by atomic mass is 9.68. The number of esters is 1. The number of methoxy groups -OCH3 is 1. The second-order valence-corrected chi connectivity index (χ2v) is 10.3. The van der Waals surface area contributed by atoms with Crippen LogP contribution >= 0.6 is 0 Å².